The Kier molecular flexibility index (Phi) is 6.33. The minimum Gasteiger partial charge on any atom is -0.488 e. The van der Waals surface area contributed by atoms with Gasteiger partial charge < -0.3 is 10.1 Å². The molecule has 3 aromatic carbocycles. The summed E-state index contributed by atoms with van der Waals surface area (Å²) >= 11 is 7.03. The second-order valence-corrected chi connectivity index (χ2v) is 7.77. The Hall–Kier alpha value is -1.85. The van der Waals surface area contributed by atoms with Gasteiger partial charge in [0.25, 0.3) is 0 Å². The summed E-state index contributed by atoms with van der Waals surface area (Å²) in [5, 5.41) is 3.44. The number of hydrogen-bond donors (Lipinski definition) is 1. The maximum absolute atomic E-state index is 13.2. The molecular formula is C21H18Br2FNO. The Balaban J connectivity index is 1.61. The molecule has 0 aliphatic rings. The maximum Gasteiger partial charge on any atom is 0.134 e. The van der Waals surface area contributed by atoms with Crippen molar-refractivity contribution in [2.75, 3.05) is 5.32 Å². The summed E-state index contributed by atoms with van der Waals surface area (Å²) in [6, 6.07) is 18.6. The molecule has 0 spiro atoms. The van der Waals surface area contributed by atoms with Crippen LogP contribution in [0.15, 0.2) is 69.6 Å². The molecule has 0 aromatic heterocycles. The van der Waals surface area contributed by atoms with Gasteiger partial charge in [0.15, 0.2) is 0 Å². The number of aryl methyl sites for hydroxylation is 1. The number of anilines is 1. The quantitative estimate of drug-likeness (QED) is 0.418. The van der Waals surface area contributed by atoms with Crippen molar-refractivity contribution in [3.05, 3.63) is 92.1 Å². The summed E-state index contributed by atoms with van der Waals surface area (Å²) in [4.78, 5) is 0. The third-order valence-electron chi connectivity index (χ3n) is 3.95. The Morgan fingerprint density at radius 2 is 1.81 bits per heavy atom. The van der Waals surface area contributed by atoms with E-state index in [1.165, 1.54) is 17.7 Å². The van der Waals surface area contributed by atoms with Crippen LogP contribution in [0.2, 0.25) is 0 Å². The SMILES string of the molecule is Cc1cc(Br)ccc1NCc1ccc(OCc2cccc(F)c2)c(Br)c1. The second-order valence-electron chi connectivity index (χ2n) is 6.00. The molecule has 0 aliphatic carbocycles. The number of halogens is 3. The number of ether oxygens (including phenoxy) is 1. The lowest BCUT2D eigenvalue weighted by Gasteiger charge is -2.12. The Bertz CT molecular complexity index is 914. The second kappa shape index (κ2) is 8.69. The summed E-state index contributed by atoms with van der Waals surface area (Å²) in [6.07, 6.45) is 0. The van der Waals surface area contributed by atoms with Gasteiger partial charge in [-0.25, -0.2) is 4.39 Å². The fourth-order valence-electron chi connectivity index (χ4n) is 2.58. The first kappa shape index (κ1) is 18.9. The standard InChI is InChI=1S/C21H18Br2FNO/c1-14-9-17(22)6-7-20(14)25-12-15-5-8-21(19(23)11-15)26-13-16-3-2-4-18(24)10-16/h2-11,25H,12-13H2,1H3. The zero-order valence-electron chi connectivity index (χ0n) is 14.2. The minimum absolute atomic E-state index is 0.255. The Labute approximate surface area is 169 Å². The van der Waals surface area contributed by atoms with Gasteiger partial charge >= 0.3 is 0 Å². The molecule has 0 saturated heterocycles. The summed E-state index contributed by atoms with van der Waals surface area (Å²) in [5.74, 6) is 0.479. The normalized spacial score (nSPS) is 10.6. The summed E-state index contributed by atoms with van der Waals surface area (Å²) in [6.45, 7) is 3.11. The molecule has 5 heteroatoms. The van der Waals surface area contributed by atoms with Crippen molar-refractivity contribution in [3.8, 4) is 5.75 Å². The van der Waals surface area contributed by atoms with Crippen LogP contribution in [0.5, 0.6) is 5.75 Å². The van der Waals surface area contributed by atoms with Crippen molar-refractivity contribution in [3.63, 3.8) is 0 Å². The highest BCUT2D eigenvalue weighted by Crippen LogP contribution is 2.28. The molecule has 0 atom stereocenters. The molecule has 0 fully saturated rings. The van der Waals surface area contributed by atoms with Crippen LogP contribution in [0.1, 0.15) is 16.7 Å². The number of rotatable bonds is 6. The van der Waals surface area contributed by atoms with E-state index in [0.717, 1.165) is 31.5 Å². The van der Waals surface area contributed by atoms with Gasteiger partial charge in [0, 0.05) is 16.7 Å². The molecule has 0 unspecified atom stereocenters. The van der Waals surface area contributed by atoms with Crippen LogP contribution in [0.25, 0.3) is 0 Å². The first-order valence-electron chi connectivity index (χ1n) is 8.17. The van der Waals surface area contributed by atoms with Crippen LogP contribution in [-0.2, 0) is 13.2 Å². The van der Waals surface area contributed by atoms with Crippen LogP contribution in [-0.4, -0.2) is 0 Å². The van der Waals surface area contributed by atoms with Gasteiger partial charge in [-0.15, -0.1) is 0 Å². The van der Waals surface area contributed by atoms with Gasteiger partial charge in [0.1, 0.15) is 18.2 Å². The lowest BCUT2D eigenvalue weighted by molar-refractivity contribution is 0.303. The monoisotopic (exact) mass is 477 g/mol. The zero-order chi connectivity index (χ0) is 18.5. The molecule has 0 heterocycles. The molecule has 3 rings (SSSR count). The van der Waals surface area contributed by atoms with E-state index in [1.807, 2.05) is 30.3 Å². The lowest BCUT2D eigenvalue weighted by atomic mass is 10.1. The summed E-state index contributed by atoms with van der Waals surface area (Å²) in [5.41, 5.74) is 4.23. The number of benzene rings is 3. The fourth-order valence-corrected chi connectivity index (χ4v) is 3.60. The molecule has 2 nitrogen and oxygen atoms in total. The van der Waals surface area contributed by atoms with E-state index in [0.29, 0.717) is 13.2 Å². The molecule has 0 amide bonds. The van der Waals surface area contributed by atoms with Crippen LogP contribution in [0.4, 0.5) is 10.1 Å². The smallest absolute Gasteiger partial charge is 0.134 e. The van der Waals surface area contributed by atoms with Crippen molar-refractivity contribution in [2.45, 2.75) is 20.1 Å². The number of nitrogens with one attached hydrogen (secondary N) is 1. The predicted octanol–water partition coefficient (Wildman–Crippen LogP) is 6.85. The molecule has 0 aliphatic heterocycles. The number of hydrogen-bond acceptors (Lipinski definition) is 2. The van der Waals surface area contributed by atoms with Gasteiger partial charge in [0.2, 0.25) is 0 Å². The first-order chi connectivity index (χ1) is 12.5. The average molecular weight is 479 g/mol. The molecule has 26 heavy (non-hydrogen) atoms. The van der Waals surface area contributed by atoms with Crippen molar-refractivity contribution >= 4 is 37.5 Å². The molecule has 3 aromatic rings. The van der Waals surface area contributed by atoms with E-state index < -0.39 is 0 Å². The van der Waals surface area contributed by atoms with Crippen LogP contribution in [0.3, 0.4) is 0 Å². The van der Waals surface area contributed by atoms with Crippen molar-refractivity contribution in [1.82, 2.24) is 0 Å². The van der Waals surface area contributed by atoms with E-state index in [1.54, 1.807) is 6.07 Å². The van der Waals surface area contributed by atoms with E-state index >= 15 is 0 Å². The molecule has 134 valence electrons. The highest BCUT2D eigenvalue weighted by Gasteiger charge is 2.05. The van der Waals surface area contributed by atoms with E-state index in [9.17, 15) is 4.39 Å². The van der Waals surface area contributed by atoms with Gasteiger partial charge in [-0.05, 0) is 82.0 Å². The van der Waals surface area contributed by atoms with Gasteiger partial charge in [-0.3, -0.25) is 0 Å². The predicted molar refractivity (Wildman–Crippen MR) is 111 cm³/mol. The average Bonchev–Trinajstić information content (AvgIpc) is 2.60. The Morgan fingerprint density at radius 3 is 2.54 bits per heavy atom. The third kappa shape index (κ3) is 5.08. The Morgan fingerprint density at radius 1 is 0.962 bits per heavy atom. The van der Waals surface area contributed by atoms with E-state index in [2.05, 4.69) is 56.2 Å². The topological polar surface area (TPSA) is 21.3 Å². The molecule has 0 saturated carbocycles. The van der Waals surface area contributed by atoms with E-state index in [-0.39, 0.29) is 5.82 Å². The highest BCUT2D eigenvalue weighted by atomic mass is 79.9. The minimum atomic E-state index is -0.255. The molecule has 0 radical (unpaired) electrons. The van der Waals surface area contributed by atoms with Crippen molar-refractivity contribution in [2.24, 2.45) is 0 Å². The van der Waals surface area contributed by atoms with Crippen molar-refractivity contribution in [1.29, 1.82) is 0 Å². The summed E-state index contributed by atoms with van der Waals surface area (Å²) in [7, 11) is 0. The zero-order valence-corrected chi connectivity index (χ0v) is 17.4. The highest BCUT2D eigenvalue weighted by molar-refractivity contribution is 9.10. The largest absolute Gasteiger partial charge is 0.488 e. The van der Waals surface area contributed by atoms with Crippen molar-refractivity contribution < 1.29 is 9.13 Å². The lowest BCUT2D eigenvalue weighted by Crippen LogP contribution is -2.02. The van der Waals surface area contributed by atoms with Crippen LogP contribution < -0.4 is 10.1 Å². The first-order valence-corrected chi connectivity index (χ1v) is 9.75. The van der Waals surface area contributed by atoms with Gasteiger partial charge in [-0.1, -0.05) is 34.1 Å². The third-order valence-corrected chi connectivity index (χ3v) is 5.06. The fraction of sp³-hybridized carbons (Fsp3) is 0.143. The van der Waals surface area contributed by atoms with Gasteiger partial charge in [-0.2, -0.15) is 0 Å². The van der Waals surface area contributed by atoms with Gasteiger partial charge in [0.05, 0.1) is 4.47 Å². The molecule has 1 N–H and O–H groups in total. The molecule has 0 bridgehead atoms. The van der Waals surface area contributed by atoms with Crippen LogP contribution >= 0.6 is 31.9 Å². The maximum atomic E-state index is 13.2. The molecular weight excluding hydrogens is 461 g/mol. The van der Waals surface area contributed by atoms with Crippen LogP contribution in [0, 0.1) is 12.7 Å². The van der Waals surface area contributed by atoms with E-state index in [4.69, 9.17) is 4.74 Å². The summed E-state index contributed by atoms with van der Waals surface area (Å²) < 4.78 is 21.0.